The predicted molar refractivity (Wildman–Crippen MR) is 115 cm³/mol. The van der Waals surface area contributed by atoms with Crippen molar-refractivity contribution in [3.05, 3.63) is 58.0 Å². The quantitative estimate of drug-likeness (QED) is 0.620. The SMILES string of the molecule is Cc1nn(C)c2c1c(C(F)(F)F)cc(=O)n2C(C)C(=O)N1CCN(c2ccccc2)CC1. The van der Waals surface area contributed by atoms with Gasteiger partial charge < -0.3 is 9.80 Å². The summed E-state index contributed by atoms with van der Waals surface area (Å²) in [5, 5.41) is 3.93. The number of para-hydroxylation sites is 1. The lowest BCUT2D eigenvalue weighted by molar-refractivity contribution is -0.136. The lowest BCUT2D eigenvalue weighted by Crippen LogP contribution is -2.51. The van der Waals surface area contributed by atoms with Gasteiger partial charge in [0.1, 0.15) is 11.7 Å². The first-order valence-corrected chi connectivity index (χ1v) is 10.3. The van der Waals surface area contributed by atoms with Gasteiger partial charge in [-0.2, -0.15) is 18.3 Å². The Bertz CT molecular complexity index is 1210. The second-order valence-electron chi connectivity index (χ2n) is 8.00. The molecule has 0 N–H and O–H groups in total. The highest BCUT2D eigenvalue weighted by molar-refractivity contribution is 5.86. The zero-order valence-electron chi connectivity index (χ0n) is 18.1. The maximum atomic E-state index is 13.6. The van der Waals surface area contributed by atoms with Crippen LogP contribution in [0.15, 0.2) is 41.2 Å². The number of benzene rings is 1. The number of hydrogen-bond acceptors (Lipinski definition) is 4. The van der Waals surface area contributed by atoms with Crippen LogP contribution in [0.2, 0.25) is 0 Å². The van der Waals surface area contributed by atoms with E-state index >= 15 is 0 Å². The van der Waals surface area contributed by atoms with Crippen molar-refractivity contribution in [2.45, 2.75) is 26.1 Å². The summed E-state index contributed by atoms with van der Waals surface area (Å²) in [6.07, 6.45) is -4.70. The summed E-state index contributed by atoms with van der Waals surface area (Å²) in [6.45, 7) is 5.18. The van der Waals surface area contributed by atoms with Crippen LogP contribution in [0.3, 0.4) is 0 Å². The third-order valence-corrected chi connectivity index (χ3v) is 5.96. The molecule has 32 heavy (non-hydrogen) atoms. The summed E-state index contributed by atoms with van der Waals surface area (Å²) in [7, 11) is 1.47. The van der Waals surface area contributed by atoms with Crippen LogP contribution in [-0.2, 0) is 18.0 Å². The van der Waals surface area contributed by atoms with Crippen molar-refractivity contribution >= 4 is 22.6 Å². The number of aryl methyl sites for hydroxylation is 2. The minimum absolute atomic E-state index is 0.00824. The average molecular weight is 447 g/mol. The molecule has 2 aromatic heterocycles. The highest BCUT2D eigenvalue weighted by atomic mass is 19.4. The van der Waals surface area contributed by atoms with Crippen molar-refractivity contribution in [2.24, 2.45) is 7.05 Å². The van der Waals surface area contributed by atoms with Gasteiger partial charge in [0, 0.05) is 45.0 Å². The van der Waals surface area contributed by atoms with Gasteiger partial charge in [-0.3, -0.25) is 18.8 Å². The molecule has 1 amide bonds. The van der Waals surface area contributed by atoms with Gasteiger partial charge in [-0.15, -0.1) is 0 Å². The lowest BCUT2D eigenvalue weighted by Gasteiger charge is -2.37. The Morgan fingerprint density at radius 3 is 2.31 bits per heavy atom. The number of carbonyl (C=O) groups is 1. The molecule has 1 fully saturated rings. The molecule has 0 radical (unpaired) electrons. The minimum atomic E-state index is -4.70. The summed E-state index contributed by atoms with van der Waals surface area (Å²) in [4.78, 5) is 29.8. The van der Waals surface area contributed by atoms with Crippen molar-refractivity contribution < 1.29 is 18.0 Å². The molecule has 1 aromatic carbocycles. The van der Waals surface area contributed by atoms with E-state index in [-0.39, 0.29) is 22.6 Å². The Kier molecular flexibility index (Phi) is 5.47. The number of hydrogen-bond donors (Lipinski definition) is 0. The summed E-state index contributed by atoms with van der Waals surface area (Å²) < 4.78 is 43.1. The number of amides is 1. The Labute approximate surface area is 182 Å². The smallest absolute Gasteiger partial charge is 0.368 e. The molecule has 170 valence electrons. The van der Waals surface area contributed by atoms with E-state index in [2.05, 4.69) is 10.00 Å². The first-order chi connectivity index (χ1) is 15.1. The fourth-order valence-electron chi connectivity index (χ4n) is 4.40. The third kappa shape index (κ3) is 3.74. The van der Waals surface area contributed by atoms with Gasteiger partial charge in [-0.25, -0.2) is 0 Å². The van der Waals surface area contributed by atoms with Crippen LogP contribution in [-0.4, -0.2) is 51.3 Å². The summed E-state index contributed by atoms with van der Waals surface area (Å²) in [6, 6.07) is 9.44. The number of pyridine rings is 1. The monoisotopic (exact) mass is 447 g/mol. The Morgan fingerprint density at radius 2 is 1.72 bits per heavy atom. The molecule has 1 unspecified atom stereocenters. The number of alkyl halides is 3. The predicted octanol–water partition coefficient (Wildman–Crippen LogP) is 2.97. The van der Waals surface area contributed by atoms with E-state index in [0.717, 1.165) is 10.3 Å². The standard InChI is InChI=1S/C22H24F3N5O2/c1-14-19-17(22(23,24)25)13-18(31)30(20(19)27(3)26-14)15(2)21(32)29-11-9-28(10-12-29)16-7-5-4-6-8-16/h4-8,13,15H,9-12H2,1-3H3. The number of fused-ring (bicyclic) bond motifs is 1. The molecular weight excluding hydrogens is 423 g/mol. The Hall–Kier alpha value is -3.30. The molecule has 3 heterocycles. The second kappa shape index (κ2) is 7.99. The highest BCUT2D eigenvalue weighted by Gasteiger charge is 2.37. The molecule has 1 aliphatic heterocycles. The second-order valence-corrected chi connectivity index (χ2v) is 8.00. The molecule has 1 aliphatic rings. The number of piperazine rings is 1. The van der Waals surface area contributed by atoms with Gasteiger partial charge in [-0.05, 0) is 26.0 Å². The fraction of sp³-hybridized carbons (Fsp3) is 0.409. The third-order valence-electron chi connectivity index (χ3n) is 5.96. The Morgan fingerprint density at radius 1 is 1.09 bits per heavy atom. The number of anilines is 1. The van der Waals surface area contributed by atoms with Gasteiger partial charge >= 0.3 is 6.18 Å². The topological polar surface area (TPSA) is 63.4 Å². The summed E-state index contributed by atoms with van der Waals surface area (Å²) in [5.41, 5.74) is -0.698. The molecule has 4 rings (SSSR count). The summed E-state index contributed by atoms with van der Waals surface area (Å²) >= 11 is 0. The van der Waals surface area contributed by atoms with Gasteiger partial charge in [0.25, 0.3) is 5.56 Å². The van der Waals surface area contributed by atoms with Crippen molar-refractivity contribution in [3.63, 3.8) is 0 Å². The summed E-state index contributed by atoms with van der Waals surface area (Å²) in [5.74, 6) is -0.306. The van der Waals surface area contributed by atoms with Gasteiger partial charge in [0.05, 0.1) is 16.6 Å². The van der Waals surface area contributed by atoms with E-state index < -0.39 is 23.3 Å². The number of rotatable bonds is 3. The molecule has 1 saturated heterocycles. The molecule has 1 atom stereocenters. The highest BCUT2D eigenvalue weighted by Crippen LogP contribution is 2.35. The van der Waals surface area contributed by atoms with Gasteiger partial charge in [0.15, 0.2) is 0 Å². The lowest BCUT2D eigenvalue weighted by atomic mass is 10.1. The van der Waals surface area contributed by atoms with E-state index in [4.69, 9.17) is 0 Å². The van der Waals surface area contributed by atoms with Crippen molar-refractivity contribution in [1.82, 2.24) is 19.2 Å². The Balaban J connectivity index is 1.65. The van der Waals surface area contributed by atoms with Crippen LogP contribution in [0.1, 0.15) is 24.2 Å². The zero-order chi connectivity index (χ0) is 23.2. The van der Waals surface area contributed by atoms with Gasteiger partial charge in [-0.1, -0.05) is 18.2 Å². The van der Waals surface area contributed by atoms with E-state index in [1.165, 1.54) is 18.7 Å². The van der Waals surface area contributed by atoms with Crippen LogP contribution in [0.25, 0.3) is 11.0 Å². The van der Waals surface area contributed by atoms with Crippen LogP contribution >= 0.6 is 0 Å². The molecule has 3 aromatic rings. The van der Waals surface area contributed by atoms with Crippen LogP contribution in [0.4, 0.5) is 18.9 Å². The number of carbonyl (C=O) groups excluding carboxylic acids is 1. The molecular formula is C22H24F3N5O2. The van der Waals surface area contributed by atoms with Gasteiger partial charge in [0.2, 0.25) is 5.91 Å². The average Bonchev–Trinajstić information content (AvgIpc) is 3.06. The van der Waals surface area contributed by atoms with E-state index in [1.54, 1.807) is 11.8 Å². The van der Waals surface area contributed by atoms with E-state index in [0.29, 0.717) is 32.2 Å². The first kappa shape index (κ1) is 21.9. The molecule has 7 nitrogen and oxygen atoms in total. The van der Waals surface area contributed by atoms with Crippen LogP contribution in [0.5, 0.6) is 0 Å². The van der Waals surface area contributed by atoms with E-state index in [1.807, 2.05) is 30.3 Å². The normalized spacial score (nSPS) is 15.9. The first-order valence-electron chi connectivity index (χ1n) is 10.3. The molecule has 10 heteroatoms. The van der Waals surface area contributed by atoms with Crippen LogP contribution < -0.4 is 10.5 Å². The molecule has 0 saturated carbocycles. The number of aromatic nitrogens is 3. The molecule has 0 aliphatic carbocycles. The zero-order valence-corrected chi connectivity index (χ0v) is 18.1. The largest absolute Gasteiger partial charge is 0.417 e. The van der Waals surface area contributed by atoms with Crippen molar-refractivity contribution in [3.8, 4) is 0 Å². The number of nitrogens with zero attached hydrogens (tertiary/aromatic N) is 5. The maximum Gasteiger partial charge on any atom is 0.417 e. The molecule has 0 spiro atoms. The fourth-order valence-corrected chi connectivity index (χ4v) is 4.40. The van der Waals surface area contributed by atoms with Crippen molar-refractivity contribution in [2.75, 3.05) is 31.1 Å². The maximum absolute atomic E-state index is 13.6. The number of halogens is 3. The van der Waals surface area contributed by atoms with E-state index in [9.17, 15) is 22.8 Å². The molecule has 0 bridgehead atoms. The van der Waals surface area contributed by atoms with Crippen molar-refractivity contribution in [1.29, 1.82) is 0 Å². The minimum Gasteiger partial charge on any atom is -0.368 e. The van der Waals surface area contributed by atoms with Crippen LogP contribution in [0, 0.1) is 6.92 Å².